The summed E-state index contributed by atoms with van der Waals surface area (Å²) in [5.41, 5.74) is 0.300. The average Bonchev–Trinajstić information content (AvgIpc) is 2.25. The van der Waals surface area contributed by atoms with Gasteiger partial charge < -0.3 is 4.74 Å². The predicted octanol–water partition coefficient (Wildman–Crippen LogP) is 3.06. The standard InChI is InChI=1S/C12H15FO2/c1-3-9(2)8-15-12-5-10(7-14)4-11(13)6-12/h4-7,9H,3,8H2,1-2H3. The summed E-state index contributed by atoms with van der Waals surface area (Å²) >= 11 is 0. The summed E-state index contributed by atoms with van der Waals surface area (Å²) < 4.78 is 18.4. The Kier molecular flexibility index (Phi) is 4.28. The van der Waals surface area contributed by atoms with Gasteiger partial charge in [-0.3, -0.25) is 4.79 Å². The van der Waals surface area contributed by atoms with E-state index in [9.17, 15) is 9.18 Å². The van der Waals surface area contributed by atoms with Gasteiger partial charge in [-0.05, 0) is 18.1 Å². The Balaban J connectivity index is 2.68. The maximum atomic E-state index is 13.0. The third-order valence-electron chi connectivity index (χ3n) is 2.26. The van der Waals surface area contributed by atoms with Gasteiger partial charge in [-0.15, -0.1) is 0 Å². The van der Waals surface area contributed by atoms with Gasteiger partial charge in [0.25, 0.3) is 0 Å². The molecular weight excluding hydrogens is 195 g/mol. The zero-order valence-electron chi connectivity index (χ0n) is 9.00. The summed E-state index contributed by atoms with van der Waals surface area (Å²) in [5, 5.41) is 0. The molecule has 0 spiro atoms. The highest BCUT2D eigenvalue weighted by Crippen LogP contribution is 2.16. The first kappa shape index (κ1) is 11.7. The Morgan fingerprint density at radius 3 is 2.80 bits per heavy atom. The van der Waals surface area contributed by atoms with E-state index in [1.54, 1.807) is 6.07 Å². The summed E-state index contributed by atoms with van der Waals surface area (Å²) in [5.74, 6) is 0.393. The van der Waals surface area contributed by atoms with Crippen LogP contribution in [0.1, 0.15) is 30.6 Å². The van der Waals surface area contributed by atoms with E-state index in [0.717, 1.165) is 6.42 Å². The van der Waals surface area contributed by atoms with Gasteiger partial charge in [0.15, 0.2) is 0 Å². The van der Waals surface area contributed by atoms with Crippen molar-refractivity contribution in [1.29, 1.82) is 0 Å². The number of hydrogen-bond donors (Lipinski definition) is 0. The Bertz CT molecular complexity index is 336. The largest absolute Gasteiger partial charge is 0.493 e. The first-order chi connectivity index (χ1) is 7.15. The second kappa shape index (κ2) is 5.49. The second-order valence-electron chi connectivity index (χ2n) is 3.66. The van der Waals surface area contributed by atoms with Crippen LogP contribution in [0.2, 0.25) is 0 Å². The van der Waals surface area contributed by atoms with Gasteiger partial charge in [-0.25, -0.2) is 4.39 Å². The van der Waals surface area contributed by atoms with Crippen LogP contribution < -0.4 is 4.74 Å². The molecule has 0 saturated heterocycles. The van der Waals surface area contributed by atoms with Gasteiger partial charge in [-0.2, -0.15) is 0 Å². The lowest BCUT2D eigenvalue weighted by atomic mass is 10.1. The molecule has 2 nitrogen and oxygen atoms in total. The monoisotopic (exact) mass is 210 g/mol. The lowest BCUT2D eigenvalue weighted by molar-refractivity contribution is 0.112. The van der Waals surface area contributed by atoms with Gasteiger partial charge >= 0.3 is 0 Å². The molecule has 0 radical (unpaired) electrons. The second-order valence-corrected chi connectivity index (χ2v) is 3.66. The zero-order chi connectivity index (χ0) is 11.3. The molecule has 0 fully saturated rings. The van der Waals surface area contributed by atoms with Crippen LogP contribution in [0.15, 0.2) is 18.2 Å². The van der Waals surface area contributed by atoms with Crippen molar-refractivity contribution < 1.29 is 13.9 Å². The Labute approximate surface area is 89.1 Å². The summed E-state index contributed by atoms with van der Waals surface area (Å²) in [6.45, 7) is 4.66. The minimum atomic E-state index is -0.446. The van der Waals surface area contributed by atoms with Gasteiger partial charge in [-0.1, -0.05) is 20.3 Å². The SMILES string of the molecule is CCC(C)COc1cc(F)cc(C=O)c1. The first-order valence-corrected chi connectivity index (χ1v) is 5.04. The van der Waals surface area contributed by atoms with Crippen molar-refractivity contribution in [2.45, 2.75) is 20.3 Å². The van der Waals surface area contributed by atoms with E-state index in [4.69, 9.17) is 4.74 Å². The van der Waals surface area contributed by atoms with Crippen LogP contribution >= 0.6 is 0 Å². The van der Waals surface area contributed by atoms with Crippen molar-refractivity contribution in [1.82, 2.24) is 0 Å². The number of rotatable bonds is 5. The molecule has 0 aromatic heterocycles. The van der Waals surface area contributed by atoms with E-state index >= 15 is 0 Å². The van der Waals surface area contributed by atoms with Crippen LogP contribution in [0.25, 0.3) is 0 Å². The lowest BCUT2D eigenvalue weighted by Crippen LogP contribution is -2.07. The highest BCUT2D eigenvalue weighted by atomic mass is 19.1. The maximum Gasteiger partial charge on any atom is 0.150 e. The van der Waals surface area contributed by atoms with Gasteiger partial charge in [0.2, 0.25) is 0 Å². The molecule has 0 heterocycles. The topological polar surface area (TPSA) is 26.3 Å². The van der Waals surface area contributed by atoms with Crippen LogP contribution in [0, 0.1) is 11.7 Å². The van der Waals surface area contributed by atoms with Crippen LogP contribution in [-0.2, 0) is 0 Å². The molecule has 3 heteroatoms. The van der Waals surface area contributed by atoms with Gasteiger partial charge in [0, 0.05) is 11.6 Å². The van der Waals surface area contributed by atoms with Crippen molar-refractivity contribution >= 4 is 6.29 Å². The van der Waals surface area contributed by atoms with E-state index in [2.05, 4.69) is 13.8 Å². The molecule has 0 aliphatic carbocycles. The van der Waals surface area contributed by atoms with Gasteiger partial charge in [0.05, 0.1) is 6.61 Å². The summed E-state index contributed by atoms with van der Waals surface area (Å²) in [7, 11) is 0. The molecule has 1 aromatic rings. The fourth-order valence-electron chi connectivity index (χ4n) is 1.09. The fourth-order valence-corrected chi connectivity index (χ4v) is 1.09. The zero-order valence-corrected chi connectivity index (χ0v) is 9.00. The first-order valence-electron chi connectivity index (χ1n) is 5.04. The van der Waals surface area contributed by atoms with Crippen molar-refractivity contribution in [2.24, 2.45) is 5.92 Å². The normalized spacial score (nSPS) is 12.2. The third-order valence-corrected chi connectivity index (χ3v) is 2.26. The van der Waals surface area contributed by atoms with E-state index in [-0.39, 0.29) is 0 Å². The minimum absolute atomic E-state index is 0.300. The summed E-state index contributed by atoms with van der Waals surface area (Å²) in [6, 6.07) is 4.01. The number of halogens is 1. The summed E-state index contributed by atoms with van der Waals surface area (Å²) in [4.78, 5) is 10.5. The molecule has 0 bridgehead atoms. The Hall–Kier alpha value is -1.38. The number of benzene rings is 1. The number of carbonyl (C=O) groups is 1. The van der Waals surface area contributed by atoms with Crippen molar-refractivity contribution in [3.8, 4) is 5.75 Å². The molecule has 0 amide bonds. The third kappa shape index (κ3) is 3.70. The number of carbonyl (C=O) groups excluding carboxylic acids is 1. The molecule has 1 unspecified atom stereocenters. The summed E-state index contributed by atoms with van der Waals surface area (Å²) in [6.07, 6.45) is 1.62. The molecule has 0 N–H and O–H groups in total. The van der Waals surface area contributed by atoms with E-state index in [1.807, 2.05) is 0 Å². The van der Waals surface area contributed by atoms with E-state index < -0.39 is 5.82 Å². The van der Waals surface area contributed by atoms with Crippen molar-refractivity contribution in [3.63, 3.8) is 0 Å². The molecule has 0 aliphatic rings. The van der Waals surface area contributed by atoms with E-state index in [0.29, 0.717) is 30.1 Å². The molecule has 15 heavy (non-hydrogen) atoms. The smallest absolute Gasteiger partial charge is 0.150 e. The molecule has 1 aromatic carbocycles. The van der Waals surface area contributed by atoms with Crippen molar-refractivity contribution in [2.75, 3.05) is 6.61 Å². The highest BCUT2D eigenvalue weighted by molar-refractivity contribution is 5.75. The number of aldehydes is 1. The molecule has 0 saturated carbocycles. The highest BCUT2D eigenvalue weighted by Gasteiger charge is 2.03. The minimum Gasteiger partial charge on any atom is -0.493 e. The van der Waals surface area contributed by atoms with E-state index in [1.165, 1.54) is 12.1 Å². The maximum absolute atomic E-state index is 13.0. The molecule has 0 aliphatic heterocycles. The number of hydrogen-bond acceptors (Lipinski definition) is 2. The van der Waals surface area contributed by atoms with Crippen LogP contribution in [-0.4, -0.2) is 12.9 Å². The Morgan fingerprint density at radius 1 is 1.47 bits per heavy atom. The van der Waals surface area contributed by atoms with Crippen molar-refractivity contribution in [3.05, 3.63) is 29.6 Å². The Morgan fingerprint density at radius 2 is 2.20 bits per heavy atom. The van der Waals surface area contributed by atoms with Gasteiger partial charge in [0.1, 0.15) is 17.9 Å². The van der Waals surface area contributed by atoms with Crippen LogP contribution in [0.5, 0.6) is 5.75 Å². The van der Waals surface area contributed by atoms with Crippen LogP contribution in [0.4, 0.5) is 4.39 Å². The van der Waals surface area contributed by atoms with Crippen LogP contribution in [0.3, 0.4) is 0 Å². The predicted molar refractivity (Wildman–Crippen MR) is 56.7 cm³/mol. The molecular formula is C12H15FO2. The quantitative estimate of drug-likeness (QED) is 0.698. The lowest BCUT2D eigenvalue weighted by Gasteiger charge is -2.11. The average molecular weight is 210 g/mol. The number of ether oxygens (including phenoxy) is 1. The molecule has 1 rings (SSSR count). The fraction of sp³-hybridized carbons (Fsp3) is 0.417. The molecule has 82 valence electrons. The molecule has 1 atom stereocenters.